The Hall–Kier alpha value is -2.39. The number of ether oxygens (including phenoxy) is 3. The van der Waals surface area contributed by atoms with Gasteiger partial charge >= 0.3 is 11.9 Å². The first-order chi connectivity index (χ1) is 13.8. The summed E-state index contributed by atoms with van der Waals surface area (Å²) in [6.45, 7) is 5.41. The zero-order chi connectivity index (χ0) is 21.6. The molecular formula is C20H22BrNO6S. The van der Waals surface area contributed by atoms with Crippen molar-refractivity contribution in [2.24, 2.45) is 0 Å². The Labute approximate surface area is 181 Å². The summed E-state index contributed by atoms with van der Waals surface area (Å²) in [5.74, 6) is -0.642. The molecule has 156 valence electrons. The SMILES string of the molecule is CCOC(=O)c1sc(NCC(=O)c2ccc(OC)c(Br)c2)c(C(=O)OCC)c1C. The van der Waals surface area contributed by atoms with Gasteiger partial charge in [0.15, 0.2) is 5.78 Å². The summed E-state index contributed by atoms with van der Waals surface area (Å²) < 4.78 is 16.0. The summed E-state index contributed by atoms with van der Waals surface area (Å²) in [4.78, 5) is 37.5. The number of nitrogens with one attached hydrogen (secondary N) is 1. The smallest absolute Gasteiger partial charge is 0.348 e. The second-order valence-corrected chi connectivity index (χ2v) is 7.70. The number of Topliss-reactive ketones (excluding diaryl/α,β-unsaturated/α-hetero) is 1. The molecule has 1 heterocycles. The minimum atomic E-state index is -0.557. The number of anilines is 1. The van der Waals surface area contributed by atoms with Crippen molar-refractivity contribution in [1.82, 2.24) is 0 Å². The number of halogens is 1. The van der Waals surface area contributed by atoms with Crippen molar-refractivity contribution in [2.45, 2.75) is 20.8 Å². The van der Waals surface area contributed by atoms with Crippen LogP contribution in [0.25, 0.3) is 0 Å². The summed E-state index contributed by atoms with van der Waals surface area (Å²) in [5.41, 5.74) is 1.18. The van der Waals surface area contributed by atoms with Gasteiger partial charge in [-0.2, -0.15) is 0 Å². The van der Waals surface area contributed by atoms with Crippen LogP contribution in [0, 0.1) is 6.92 Å². The van der Waals surface area contributed by atoms with Crippen LogP contribution in [0.5, 0.6) is 5.75 Å². The lowest BCUT2D eigenvalue weighted by Crippen LogP contribution is -2.16. The largest absolute Gasteiger partial charge is 0.496 e. The Morgan fingerprint density at radius 3 is 2.34 bits per heavy atom. The number of methoxy groups -OCH3 is 1. The number of benzene rings is 1. The van der Waals surface area contributed by atoms with Crippen LogP contribution in [0.4, 0.5) is 5.00 Å². The highest BCUT2D eigenvalue weighted by atomic mass is 79.9. The van der Waals surface area contributed by atoms with Crippen molar-refractivity contribution >= 4 is 50.0 Å². The average molecular weight is 484 g/mol. The number of esters is 2. The summed E-state index contributed by atoms with van der Waals surface area (Å²) in [5, 5.41) is 3.36. The molecule has 0 atom stereocenters. The molecule has 0 fully saturated rings. The van der Waals surface area contributed by atoms with Gasteiger partial charge in [0.25, 0.3) is 0 Å². The Balaban J connectivity index is 2.27. The van der Waals surface area contributed by atoms with Crippen LogP contribution in [-0.2, 0) is 9.47 Å². The van der Waals surface area contributed by atoms with Crippen LogP contribution in [0.15, 0.2) is 22.7 Å². The van der Waals surface area contributed by atoms with E-state index in [1.54, 1.807) is 46.1 Å². The Morgan fingerprint density at radius 1 is 1.10 bits per heavy atom. The van der Waals surface area contributed by atoms with Gasteiger partial charge in [0.05, 0.1) is 36.9 Å². The quantitative estimate of drug-likeness (QED) is 0.415. The summed E-state index contributed by atoms with van der Waals surface area (Å²) in [7, 11) is 1.54. The minimum Gasteiger partial charge on any atom is -0.496 e. The number of thiophene rings is 1. The van der Waals surface area contributed by atoms with E-state index in [0.29, 0.717) is 31.2 Å². The van der Waals surface area contributed by atoms with Crippen LogP contribution in [0.1, 0.15) is 49.8 Å². The van der Waals surface area contributed by atoms with Crippen molar-refractivity contribution in [3.05, 3.63) is 44.2 Å². The molecule has 9 heteroatoms. The monoisotopic (exact) mass is 483 g/mol. The maximum absolute atomic E-state index is 12.6. The molecular weight excluding hydrogens is 462 g/mol. The summed E-state index contributed by atoms with van der Waals surface area (Å²) in [6, 6.07) is 5.01. The number of rotatable bonds is 9. The van der Waals surface area contributed by atoms with Gasteiger partial charge in [-0.25, -0.2) is 9.59 Å². The van der Waals surface area contributed by atoms with Gasteiger partial charge in [-0.05, 0) is 60.5 Å². The molecule has 0 unspecified atom stereocenters. The number of carbonyl (C=O) groups excluding carboxylic acids is 3. The van der Waals surface area contributed by atoms with E-state index in [9.17, 15) is 14.4 Å². The fourth-order valence-electron chi connectivity index (χ4n) is 2.58. The Kier molecular flexibility index (Phi) is 8.21. The van der Waals surface area contributed by atoms with E-state index in [1.807, 2.05) is 0 Å². The maximum atomic E-state index is 12.6. The molecule has 7 nitrogen and oxygen atoms in total. The van der Waals surface area contributed by atoms with Crippen LogP contribution in [0.2, 0.25) is 0 Å². The molecule has 0 spiro atoms. The molecule has 0 amide bonds. The van der Waals surface area contributed by atoms with Crippen molar-refractivity contribution in [3.63, 3.8) is 0 Å². The first-order valence-corrected chi connectivity index (χ1v) is 10.5. The lowest BCUT2D eigenvalue weighted by Gasteiger charge is -2.09. The minimum absolute atomic E-state index is 0.0621. The third-order valence-corrected chi connectivity index (χ3v) is 5.82. The zero-order valence-corrected chi connectivity index (χ0v) is 19.0. The van der Waals surface area contributed by atoms with Crippen LogP contribution >= 0.6 is 27.3 Å². The Bertz CT molecular complexity index is 924. The van der Waals surface area contributed by atoms with Gasteiger partial charge in [0.1, 0.15) is 15.6 Å². The van der Waals surface area contributed by atoms with Gasteiger partial charge < -0.3 is 19.5 Å². The normalized spacial score (nSPS) is 10.4. The second-order valence-electron chi connectivity index (χ2n) is 5.83. The first-order valence-electron chi connectivity index (χ1n) is 8.92. The lowest BCUT2D eigenvalue weighted by molar-refractivity contribution is 0.0527. The molecule has 0 aliphatic carbocycles. The van der Waals surface area contributed by atoms with E-state index in [1.165, 1.54) is 0 Å². The number of carbonyl (C=O) groups is 3. The highest BCUT2D eigenvalue weighted by Crippen LogP contribution is 2.34. The number of hydrogen-bond acceptors (Lipinski definition) is 8. The maximum Gasteiger partial charge on any atom is 0.348 e. The highest BCUT2D eigenvalue weighted by Gasteiger charge is 2.26. The molecule has 1 aromatic heterocycles. The molecule has 29 heavy (non-hydrogen) atoms. The van der Waals surface area contributed by atoms with E-state index in [0.717, 1.165) is 11.3 Å². The van der Waals surface area contributed by atoms with Crippen LogP contribution < -0.4 is 10.1 Å². The van der Waals surface area contributed by atoms with Crippen molar-refractivity contribution in [1.29, 1.82) is 0 Å². The fourth-order valence-corrected chi connectivity index (χ4v) is 4.21. The van der Waals surface area contributed by atoms with Crippen molar-refractivity contribution in [2.75, 3.05) is 32.2 Å². The molecule has 0 saturated carbocycles. The number of ketones is 1. The van der Waals surface area contributed by atoms with Crippen molar-refractivity contribution < 1.29 is 28.6 Å². The van der Waals surface area contributed by atoms with Gasteiger partial charge in [0, 0.05) is 5.56 Å². The molecule has 0 aliphatic rings. The van der Waals surface area contributed by atoms with Gasteiger partial charge in [-0.15, -0.1) is 11.3 Å². The van der Waals surface area contributed by atoms with Gasteiger partial charge in [-0.1, -0.05) is 0 Å². The topological polar surface area (TPSA) is 90.9 Å². The average Bonchev–Trinajstić information content (AvgIpc) is 3.02. The fraction of sp³-hybridized carbons (Fsp3) is 0.350. The van der Waals surface area contributed by atoms with E-state index in [4.69, 9.17) is 14.2 Å². The van der Waals surface area contributed by atoms with Gasteiger partial charge in [-0.3, -0.25) is 4.79 Å². The first kappa shape index (κ1) is 22.9. The second kappa shape index (κ2) is 10.4. The van der Waals surface area contributed by atoms with E-state index >= 15 is 0 Å². The number of hydrogen-bond donors (Lipinski definition) is 1. The van der Waals surface area contributed by atoms with Crippen LogP contribution in [0.3, 0.4) is 0 Å². The molecule has 0 saturated heterocycles. The summed E-state index contributed by atoms with van der Waals surface area (Å²) in [6.07, 6.45) is 0. The lowest BCUT2D eigenvalue weighted by atomic mass is 10.1. The van der Waals surface area contributed by atoms with E-state index in [2.05, 4.69) is 21.2 Å². The summed E-state index contributed by atoms with van der Waals surface area (Å²) >= 11 is 4.42. The highest BCUT2D eigenvalue weighted by molar-refractivity contribution is 9.10. The molecule has 2 aromatic rings. The molecule has 2 rings (SSSR count). The van der Waals surface area contributed by atoms with Gasteiger partial charge in [0.2, 0.25) is 0 Å². The molecule has 0 aliphatic heterocycles. The molecule has 0 bridgehead atoms. The third-order valence-electron chi connectivity index (χ3n) is 3.97. The predicted molar refractivity (Wildman–Crippen MR) is 114 cm³/mol. The molecule has 1 aromatic carbocycles. The van der Waals surface area contributed by atoms with E-state index < -0.39 is 11.9 Å². The van der Waals surface area contributed by atoms with Crippen LogP contribution in [-0.4, -0.2) is 44.6 Å². The predicted octanol–water partition coefficient (Wildman–Crippen LogP) is 4.48. The molecule has 1 N–H and O–H groups in total. The zero-order valence-electron chi connectivity index (χ0n) is 16.6. The standard InChI is InChI=1S/C20H22BrNO6S/c1-5-27-19(24)16-11(3)17(20(25)28-6-2)29-18(16)22-10-14(23)12-7-8-15(26-4)13(21)9-12/h7-9,22H,5-6,10H2,1-4H3. The Morgan fingerprint density at radius 2 is 1.76 bits per heavy atom. The van der Waals surface area contributed by atoms with E-state index in [-0.39, 0.29) is 31.1 Å². The van der Waals surface area contributed by atoms with Crippen molar-refractivity contribution in [3.8, 4) is 5.75 Å². The third kappa shape index (κ3) is 5.36. The molecule has 0 radical (unpaired) electrons.